The SMILES string of the molecule is CC(=O)C1(C(=O)[O-])CCCCC1C(=O)[O-]. The zero-order valence-electron chi connectivity index (χ0n) is 8.45. The Bertz CT molecular complexity index is 293. The van der Waals surface area contributed by atoms with Crippen molar-refractivity contribution in [3.8, 4) is 0 Å². The quantitative estimate of drug-likeness (QED) is 0.517. The number of hydrogen-bond acceptors (Lipinski definition) is 5. The Morgan fingerprint density at radius 2 is 1.80 bits per heavy atom. The highest BCUT2D eigenvalue weighted by Gasteiger charge is 2.46. The Hall–Kier alpha value is -1.39. The maximum absolute atomic E-state index is 11.4. The van der Waals surface area contributed by atoms with E-state index in [9.17, 15) is 24.6 Å². The normalized spacial score (nSPS) is 30.9. The van der Waals surface area contributed by atoms with Gasteiger partial charge in [0.15, 0.2) is 0 Å². The minimum absolute atomic E-state index is 0.0311. The fourth-order valence-corrected chi connectivity index (χ4v) is 2.30. The van der Waals surface area contributed by atoms with Gasteiger partial charge in [-0.3, -0.25) is 4.79 Å². The van der Waals surface area contributed by atoms with Crippen LogP contribution in [0.15, 0.2) is 0 Å². The number of hydrogen-bond donors (Lipinski definition) is 0. The monoisotopic (exact) mass is 212 g/mol. The molecule has 1 rings (SSSR count). The van der Waals surface area contributed by atoms with Gasteiger partial charge in [0.05, 0.1) is 11.4 Å². The van der Waals surface area contributed by atoms with Gasteiger partial charge < -0.3 is 19.8 Å². The molecule has 15 heavy (non-hydrogen) atoms. The first-order chi connectivity index (χ1) is 6.93. The lowest BCUT2D eigenvalue weighted by Crippen LogP contribution is -2.57. The Balaban J connectivity index is 3.16. The van der Waals surface area contributed by atoms with Crippen LogP contribution in [0, 0.1) is 11.3 Å². The summed E-state index contributed by atoms with van der Waals surface area (Å²) in [6.45, 7) is 1.09. The van der Waals surface area contributed by atoms with Crippen molar-refractivity contribution in [3.63, 3.8) is 0 Å². The number of carboxylic acid groups (broad SMARTS) is 2. The lowest BCUT2D eigenvalue weighted by atomic mass is 9.64. The van der Waals surface area contributed by atoms with Gasteiger partial charge >= 0.3 is 0 Å². The average molecular weight is 212 g/mol. The van der Waals surface area contributed by atoms with Crippen molar-refractivity contribution in [2.75, 3.05) is 0 Å². The van der Waals surface area contributed by atoms with Crippen molar-refractivity contribution in [3.05, 3.63) is 0 Å². The second-order valence-electron chi connectivity index (χ2n) is 3.93. The third kappa shape index (κ3) is 1.73. The number of aliphatic carboxylic acids is 2. The standard InChI is InChI=1S/C10H14O5/c1-6(11)10(9(14)15)5-3-2-4-7(10)8(12)13/h7H,2-5H2,1H3,(H,12,13)(H,14,15)/p-2. The van der Waals surface area contributed by atoms with Gasteiger partial charge in [0.1, 0.15) is 5.78 Å². The van der Waals surface area contributed by atoms with E-state index >= 15 is 0 Å². The van der Waals surface area contributed by atoms with Crippen molar-refractivity contribution in [2.45, 2.75) is 32.6 Å². The van der Waals surface area contributed by atoms with Gasteiger partial charge in [-0.15, -0.1) is 0 Å². The van der Waals surface area contributed by atoms with E-state index in [1.165, 1.54) is 0 Å². The van der Waals surface area contributed by atoms with Crippen LogP contribution in [0.4, 0.5) is 0 Å². The van der Waals surface area contributed by atoms with E-state index in [1.54, 1.807) is 0 Å². The van der Waals surface area contributed by atoms with E-state index in [1.807, 2.05) is 0 Å². The number of carbonyl (C=O) groups excluding carboxylic acids is 3. The first-order valence-electron chi connectivity index (χ1n) is 4.86. The van der Waals surface area contributed by atoms with Crippen LogP contribution in [0.25, 0.3) is 0 Å². The molecule has 0 N–H and O–H groups in total. The first-order valence-corrected chi connectivity index (χ1v) is 4.86. The van der Waals surface area contributed by atoms with Crippen molar-refractivity contribution in [1.82, 2.24) is 0 Å². The summed E-state index contributed by atoms with van der Waals surface area (Å²) >= 11 is 0. The first kappa shape index (κ1) is 11.7. The van der Waals surface area contributed by atoms with Crippen molar-refractivity contribution < 1.29 is 24.6 Å². The molecule has 0 spiro atoms. The molecule has 0 radical (unpaired) electrons. The molecular formula is C10H12O5-2. The van der Waals surface area contributed by atoms with Gasteiger partial charge in [-0.2, -0.15) is 0 Å². The number of carboxylic acids is 2. The average Bonchev–Trinajstić information content (AvgIpc) is 2.16. The molecule has 1 aliphatic rings. The van der Waals surface area contributed by atoms with E-state index in [0.29, 0.717) is 12.8 Å². The molecule has 1 fully saturated rings. The molecule has 0 saturated heterocycles. The second kappa shape index (κ2) is 4.00. The van der Waals surface area contributed by atoms with E-state index in [0.717, 1.165) is 6.92 Å². The minimum atomic E-state index is -1.88. The summed E-state index contributed by atoms with van der Waals surface area (Å²) in [5, 5.41) is 21.8. The summed E-state index contributed by atoms with van der Waals surface area (Å²) in [5.41, 5.74) is -1.88. The summed E-state index contributed by atoms with van der Waals surface area (Å²) in [6, 6.07) is 0. The third-order valence-corrected chi connectivity index (χ3v) is 3.19. The zero-order chi connectivity index (χ0) is 11.6. The van der Waals surface area contributed by atoms with Gasteiger partial charge in [0.2, 0.25) is 0 Å². The van der Waals surface area contributed by atoms with Gasteiger partial charge in [-0.05, 0) is 19.8 Å². The van der Waals surface area contributed by atoms with Crippen LogP contribution >= 0.6 is 0 Å². The van der Waals surface area contributed by atoms with Crippen LogP contribution in [0.3, 0.4) is 0 Å². The molecule has 0 aliphatic heterocycles. The summed E-state index contributed by atoms with van der Waals surface area (Å²) in [4.78, 5) is 33.2. The Labute approximate surface area is 87.1 Å². The highest BCUT2D eigenvalue weighted by Crippen LogP contribution is 2.41. The molecule has 0 aromatic carbocycles. The van der Waals surface area contributed by atoms with Crippen molar-refractivity contribution >= 4 is 17.7 Å². The summed E-state index contributed by atoms with van der Waals surface area (Å²) in [6.07, 6.45) is 1.32. The number of ketones is 1. The molecule has 0 bridgehead atoms. The maximum Gasteiger partial charge on any atom is 0.142 e. The van der Waals surface area contributed by atoms with Gasteiger partial charge in [-0.1, -0.05) is 12.8 Å². The summed E-state index contributed by atoms with van der Waals surface area (Å²) in [5.74, 6) is -4.98. The van der Waals surface area contributed by atoms with Crippen molar-refractivity contribution in [1.29, 1.82) is 0 Å². The molecule has 0 aromatic rings. The van der Waals surface area contributed by atoms with Crippen LogP contribution in [0.2, 0.25) is 0 Å². The van der Waals surface area contributed by atoms with Crippen LogP contribution in [0.1, 0.15) is 32.6 Å². The Morgan fingerprint density at radius 3 is 2.13 bits per heavy atom. The number of Topliss-reactive ketones (excluding diaryl/α,β-unsaturated/α-hetero) is 1. The lowest BCUT2D eigenvalue weighted by molar-refractivity contribution is -0.334. The molecule has 84 valence electrons. The topological polar surface area (TPSA) is 97.3 Å². The second-order valence-corrected chi connectivity index (χ2v) is 3.93. The van der Waals surface area contributed by atoms with E-state index in [-0.39, 0.29) is 12.8 Å². The van der Waals surface area contributed by atoms with Crippen LogP contribution in [-0.4, -0.2) is 17.7 Å². The molecular weight excluding hydrogens is 200 g/mol. The molecule has 0 heterocycles. The predicted octanol–water partition coefficient (Wildman–Crippen LogP) is -1.75. The summed E-state index contributed by atoms with van der Waals surface area (Å²) < 4.78 is 0. The van der Waals surface area contributed by atoms with Crippen LogP contribution in [0.5, 0.6) is 0 Å². The zero-order valence-corrected chi connectivity index (χ0v) is 8.45. The van der Waals surface area contributed by atoms with E-state index in [2.05, 4.69) is 0 Å². The number of carbonyl (C=O) groups is 3. The number of rotatable bonds is 3. The lowest BCUT2D eigenvalue weighted by Gasteiger charge is -2.43. The van der Waals surface area contributed by atoms with Gasteiger partial charge in [0, 0.05) is 11.9 Å². The highest BCUT2D eigenvalue weighted by molar-refractivity contribution is 6.04. The highest BCUT2D eigenvalue weighted by atomic mass is 16.4. The Kier molecular flexibility index (Phi) is 3.12. The smallest absolute Gasteiger partial charge is 0.142 e. The van der Waals surface area contributed by atoms with Crippen LogP contribution in [-0.2, 0) is 14.4 Å². The fraction of sp³-hybridized carbons (Fsp3) is 0.700. The molecule has 0 amide bonds. The molecule has 0 aromatic heterocycles. The molecule has 1 saturated carbocycles. The van der Waals surface area contributed by atoms with E-state index < -0.39 is 29.1 Å². The third-order valence-electron chi connectivity index (χ3n) is 3.19. The Morgan fingerprint density at radius 1 is 1.20 bits per heavy atom. The van der Waals surface area contributed by atoms with Crippen LogP contribution < -0.4 is 10.2 Å². The minimum Gasteiger partial charge on any atom is -0.550 e. The molecule has 5 heteroatoms. The van der Waals surface area contributed by atoms with E-state index in [4.69, 9.17) is 0 Å². The van der Waals surface area contributed by atoms with Crippen molar-refractivity contribution in [2.24, 2.45) is 11.3 Å². The molecule has 2 unspecified atom stereocenters. The molecule has 1 aliphatic carbocycles. The fourth-order valence-electron chi connectivity index (χ4n) is 2.30. The van der Waals surface area contributed by atoms with Gasteiger partial charge in [0.25, 0.3) is 0 Å². The molecule has 2 atom stereocenters. The predicted molar refractivity (Wildman–Crippen MR) is 45.1 cm³/mol. The largest absolute Gasteiger partial charge is 0.550 e. The van der Waals surface area contributed by atoms with Gasteiger partial charge in [-0.25, -0.2) is 0 Å². The molecule has 5 nitrogen and oxygen atoms in total. The maximum atomic E-state index is 11.4. The summed E-state index contributed by atoms with van der Waals surface area (Å²) in [7, 11) is 0.